The fourth-order valence-electron chi connectivity index (χ4n) is 4.09. The number of aromatic nitrogens is 1. The molecule has 4 rings (SSSR count). The molecule has 1 unspecified atom stereocenters. The van der Waals surface area contributed by atoms with Crippen LogP contribution in [0.15, 0.2) is 90.0 Å². The third-order valence-electron chi connectivity index (χ3n) is 6.01. The zero-order chi connectivity index (χ0) is 25.5. The van der Waals surface area contributed by atoms with Crippen LogP contribution in [-0.4, -0.2) is 42.4 Å². The molecule has 0 radical (unpaired) electrons. The molecule has 2 heterocycles. The monoisotopic (exact) mass is 504 g/mol. The van der Waals surface area contributed by atoms with Gasteiger partial charge in [-0.2, -0.15) is 4.57 Å². The highest BCUT2D eigenvalue weighted by molar-refractivity contribution is 8.03. The van der Waals surface area contributed by atoms with E-state index >= 15 is 0 Å². The maximum Gasteiger partial charge on any atom is 0.325 e. The molecule has 2 aromatic carbocycles. The predicted molar refractivity (Wildman–Crippen MR) is 140 cm³/mol. The van der Waals surface area contributed by atoms with Crippen LogP contribution in [0, 0.1) is 0 Å². The van der Waals surface area contributed by atoms with Gasteiger partial charge in [-0.25, -0.2) is 0 Å². The van der Waals surface area contributed by atoms with Crippen molar-refractivity contribution in [2.75, 3.05) is 19.3 Å². The van der Waals surface area contributed by atoms with Crippen LogP contribution < -0.4 is 15.2 Å². The van der Waals surface area contributed by atoms with E-state index in [0.29, 0.717) is 5.75 Å². The minimum atomic E-state index is -1.22. The summed E-state index contributed by atoms with van der Waals surface area (Å²) in [6.07, 6.45) is 1.93. The normalized spacial score (nSPS) is 17.4. The maximum atomic E-state index is 12.8. The number of aliphatic hydroxyl groups is 1. The highest BCUT2D eigenvalue weighted by atomic mass is 32.2. The number of pyridine rings is 1. The van der Waals surface area contributed by atoms with Crippen molar-refractivity contribution < 1.29 is 24.0 Å². The lowest BCUT2D eigenvalue weighted by atomic mass is 10.0. The summed E-state index contributed by atoms with van der Waals surface area (Å²) in [5.41, 5.74) is 2.29. The highest BCUT2D eigenvalue weighted by Gasteiger charge is 2.48. The number of hydrogen-bond donors (Lipinski definition) is 3. The number of carbonyl (C=O) groups is 2. The number of nitrogens with zero attached hydrogens (tertiary/aromatic N) is 1. The minimum absolute atomic E-state index is 0.157. The molecule has 0 bridgehead atoms. The van der Waals surface area contributed by atoms with Gasteiger partial charge in [0.05, 0.1) is 10.9 Å². The third-order valence-corrected chi connectivity index (χ3v) is 7.39. The number of hydrogen-bond acceptors (Lipinski definition) is 6. The standard InChI is InChI=1S/C28H29N3O4S/c1-28(34)23-15-9-10-16-31(23)25(21-13-7-4-8-14-21)26(28)36-19-22(29-2)27(33)30-17-24(32)35-18-20-11-5-3-6-12-20/h3-16,22,29,34H,17-19H2,1-2H3/p+1/t22-,28?/m0/s1. The Kier molecular flexibility index (Phi) is 8.20. The van der Waals surface area contributed by atoms with E-state index in [9.17, 15) is 14.7 Å². The molecule has 36 heavy (non-hydrogen) atoms. The molecule has 7 nitrogen and oxygen atoms in total. The fraction of sp³-hybridized carbons (Fsp3) is 0.250. The molecule has 3 aromatic rings. The lowest BCUT2D eigenvalue weighted by molar-refractivity contribution is -0.588. The predicted octanol–water partition coefficient (Wildman–Crippen LogP) is 2.59. The molecule has 0 saturated heterocycles. The Morgan fingerprint density at radius 2 is 1.69 bits per heavy atom. The summed E-state index contributed by atoms with van der Waals surface area (Å²) in [5, 5.41) is 17.2. The number of esters is 1. The highest BCUT2D eigenvalue weighted by Crippen LogP contribution is 2.44. The summed E-state index contributed by atoms with van der Waals surface area (Å²) in [7, 11) is 1.70. The first-order valence-corrected chi connectivity index (χ1v) is 12.7. The largest absolute Gasteiger partial charge is 0.460 e. The van der Waals surface area contributed by atoms with Crippen molar-refractivity contribution in [1.82, 2.24) is 10.6 Å². The van der Waals surface area contributed by atoms with Gasteiger partial charge in [0.25, 0.3) is 0 Å². The molecule has 0 spiro atoms. The van der Waals surface area contributed by atoms with E-state index in [1.54, 1.807) is 14.0 Å². The number of amides is 1. The van der Waals surface area contributed by atoms with E-state index in [4.69, 9.17) is 4.74 Å². The Hall–Kier alpha value is -3.46. The molecule has 2 atom stereocenters. The topological polar surface area (TPSA) is 91.5 Å². The molecular formula is C28H30N3O4S+. The van der Waals surface area contributed by atoms with Gasteiger partial charge in [-0.1, -0.05) is 48.5 Å². The smallest absolute Gasteiger partial charge is 0.325 e. The molecule has 1 aromatic heterocycles. The number of benzene rings is 2. The zero-order valence-corrected chi connectivity index (χ0v) is 21.1. The molecule has 3 N–H and O–H groups in total. The quantitative estimate of drug-likeness (QED) is 0.291. The van der Waals surface area contributed by atoms with E-state index in [1.165, 1.54) is 11.8 Å². The average molecular weight is 505 g/mol. The Labute approximate surface area is 215 Å². The van der Waals surface area contributed by atoms with Crippen molar-refractivity contribution in [3.63, 3.8) is 0 Å². The van der Waals surface area contributed by atoms with Crippen molar-refractivity contribution >= 4 is 29.3 Å². The Morgan fingerprint density at radius 1 is 1.03 bits per heavy atom. The summed E-state index contributed by atoms with van der Waals surface area (Å²) in [6, 6.07) is 24.4. The lowest BCUT2D eigenvalue weighted by Crippen LogP contribution is -2.46. The average Bonchev–Trinajstić information content (AvgIpc) is 3.14. The van der Waals surface area contributed by atoms with Crippen LogP contribution in [0.5, 0.6) is 0 Å². The van der Waals surface area contributed by atoms with Crippen LogP contribution in [0.2, 0.25) is 0 Å². The zero-order valence-electron chi connectivity index (χ0n) is 20.3. The second-order valence-corrected chi connectivity index (χ2v) is 9.62. The van der Waals surface area contributed by atoms with Crippen molar-refractivity contribution in [2.45, 2.75) is 25.2 Å². The first-order valence-electron chi connectivity index (χ1n) is 11.7. The van der Waals surface area contributed by atoms with Crippen LogP contribution in [-0.2, 0) is 26.5 Å². The first kappa shape index (κ1) is 25.6. The van der Waals surface area contributed by atoms with Gasteiger partial charge in [0, 0.05) is 23.4 Å². The molecule has 0 aliphatic carbocycles. The van der Waals surface area contributed by atoms with E-state index < -0.39 is 17.6 Å². The summed E-state index contributed by atoms with van der Waals surface area (Å²) in [5.74, 6) is -0.460. The number of fused-ring (bicyclic) bond motifs is 1. The lowest BCUT2D eigenvalue weighted by Gasteiger charge is -2.20. The summed E-state index contributed by atoms with van der Waals surface area (Å²) < 4.78 is 7.23. The van der Waals surface area contributed by atoms with E-state index in [0.717, 1.165) is 27.4 Å². The van der Waals surface area contributed by atoms with E-state index in [-0.39, 0.29) is 19.1 Å². The van der Waals surface area contributed by atoms with Gasteiger partial charge < -0.3 is 20.5 Å². The number of rotatable bonds is 10. The van der Waals surface area contributed by atoms with Crippen molar-refractivity contribution in [3.05, 3.63) is 107 Å². The van der Waals surface area contributed by atoms with Crippen LogP contribution in [0.4, 0.5) is 0 Å². The Morgan fingerprint density at radius 3 is 2.39 bits per heavy atom. The third kappa shape index (κ3) is 5.67. The fourth-order valence-corrected chi connectivity index (χ4v) is 5.48. The van der Waals surface area contributed by atoms with Crippen molar-refractivity contribution in [3.8, 4) is 0 Å². The van der Waals surface area contributed by atoms with Gasteiger partial charge in [-0.3, -0.25) is 9.59 Å². The van der Waals surface area contributed by atoms with Crippen LogP contribution >= 0.6 is 11.8 Å². The molecule has 1 aliphatic rings. The molecule has 0 saturated carbocycles. The second-order valence-electron chi connectivity index (χ2n) is 8.59. The minimum Gasteiger partial charge on any atom is -0.460 e. The van der Waals surface area contributed by atoms with Gasteiger partial charge in [0.1, 0.15) is 13.2 Å². The summed E-state index contributed by atoms with van der Waals surface area (Å²) >= 11 is 1.42. The number of thioether (sulfide) groups is 1. The molecule has 0 fully saturated rings. The Bertz CT molecular complexity index is 1250. The number of ether oxygens (including phenoxy) is 1. The van der Waals surface area contributed by atoms with Gasteiger partial charge in [0.15, 0.2) is 11.8 Å². The van der Waals surface area contributed by atoms with Crippen LogP contribution in [0.1, 0.15) is 23.7 Å². The maximum absolute atomic E-state index is 12.8. The van der Waals surface area contributed by atoms with Gasteiger partial charge >= 0.3 is 5.97 Å². The molecule has 1 aliphatic heterocycles. The molecule has 8 heteroatoms. The van der Waals surface area contributed by atoms with Crippen molar-refractivity contribution in [1.29, 1.82) is 0 Å². The molecule has 186 valence electrons. The number of carbonyl (C=O) groups excluding carboxylic acids is 2. The van der Waals surface area contributed by atoms with Crippen molar-refractivity contribution in [2.24, 2.45) is 0 Å². The summed E-state index contributed by atoms with van der Waals surface area (Å²) in [4.78, 5) is 25.7. The van der Waals surface area contributed by atoms with Gasteiger partial charge in [0.2, 0.25) is 17.3 Å². The first-order chi connectivity index (χ1) is 17.4. The Balaban J connectivity index is 1.42. The van der Waals surface area contributed by atoms with E-state index in [1.807, 2.05) is 89.6 Å². The summed E-state index contributed by atoms with van der Waals surface area (Å²) in [6.45, 7) is 1.71. The van der Waals surface area contributed by atoms with Crippen LogP contribution in [0.3, 0.4) is 0 Å². The van der Waals surface area contributed by atoms with Crippen LogP contribution in [0.25, 0.3) is 5.70 Å². The molecule has 1 amide bonds. The SMILES string of the molecule is CN[C@@H](CSC1=C(c2ccccc2)[n+]2ccccc2C1(C)O)C(=O)NCC(=O)OCc1ccccc1. The number of likely N-dealkylation sites (N-methyl/N-ethyl adjacent to an activating group) is 1. The number of nitrogens with one attached hydrogen (secondary N) is 2. The van der Waals surface area contributed by atoms with E-state index in [2.05, 4.69) is 10.6 Å². The molecular weight excluding hydrogens is 474 g/mol. The van der Waals surface area contributed by atoms with Gasteiger partial charge in [-0.05, 0) is 37.7 Å². The van der Waals surface area contributed by atoms with Gasteiger partial charge in [-0.15, -0.1) is 11.8 Å². The second kappa shape index (κ2) is 11.5.